The highest BCUT2D eigenvalue weighted by Gasteiger charge is 2.38. The van der Waals surface area contributed by atoms with Crippen LogP contribution in [0, 0.1) is 0 Å². The molecule has 0 saturated heterocycles. The van der Waals surface area contributed by atoms with E-state index >= 15 is 0 Å². The zero-order valence-electron chi connectivity index (χ0n) is 32.1. The van der Waals surface area contributed by atoms with E-state index in [0.717, 1.165) is 50.1 Å². The van der Waals surface area contributed by atoms with Gasteiger partial charge in [0.1, 0.15) is 11.2 Å². The van der Waals surface area contributed by atoms with Crippen molar-refractivity contribution in [3.8, 4) is 44.5 Å². The highest BCUT2D eigenvalue weighted by molar-refractivity contribution is 6.06. The lowest BCUT2D eigenvalue weighted by molar-refractivity contribution is 0.660. The van der Waals surface area contributed by atoms with Crippen molar-refractivity contribution < 1.29 is 4.42 Å². The molecule has 8 aromatic carbocycles. The van der Waals surface area contributed by atoms with E-state index in [1.54, 1.807) is 0 Å². The molecule has 1 aromatic heterocycles. The summed E-state index contributed by atoms with van der Waals surface area (Å²) in [7, 11) is 0. The molecule has 0 N–H and O–H groups in total. The molecule has 0 atom stereocenters. The topological polar surface area (TPSA) is 16.4 Å². The molecule has 0 aliphatic heterocycles. The van der Waals surface area contributed by atoms with Crippen LogP contribution in [0.15, 0.2) is 180 Å². The molecule has 2 aliphatic carbocycles. The number of para-hydroxylation sites is 2. The molecule has 2 heteroatoms. The summed E-state index contributed by atoms with van der Waals surface area (Å²) in [5.41, 5.74) is 20.6. The number of hydrogen-bond donors (Lipinski definition) is 0. The summed E-state index contributed by atoms with van der Waals surface area (Å²) in [6.45, 7) is 9.44. The van der Waals surface area contributed by atoms with Gasteiger partial charge in [-0.15, -0.1) is 0 Å². The molecule has 0 radical (unpaired) electrons. The van der Waals surface area contributed by atoms with Crippen molar-refractivity contribution in [2.75, 3.05) is 4.90 Å². The fourth-order valence-corrected chi connectivity index (χ4v) is 9.84. The van der Waals surface area contributed by atoms with Gasteiger partial charge in [0.2, 0.25) is 0 Å². The smallest absolute Gasteiger partial charge is 0.136 e. The molecule has 2 aliphatic rings. The molecule has 0 bridgehead atoms. The van der Waals surface area contributed by atoms with Crippen molar-refractivity contribution in [1.82, 2.24) is 0 Å². The molecule has 0 fully saturated rings. The van der Waals surface area contributed by atoms with Crippen LogP contribution >= 0.6 is 0 Å². The minimum atomic E-state index is -0.123. The number of furan rings is 1. The summed E-state index contributed by atoms with van der Waals surface area (Å²) in [5, 5.41) is 2.29. The van der Waals surface area contributed by atoms with Gasteiger partial charge < -0.3 is 9.32 Å². The van der Waals surface area contributed by atoms with Crippen LogP contribution in [0.3, 0.4) is 0 Å². The van der Waals surface area contributed by atoms with Crippen LogP contribution < -0.4 is 4.90 Å². The van der Waals surface area contributed by atoms with Crippen molar-refractivity contribution >= 4 is 39.0 Å². The number of hydrogen-bond acceptors (Lipinski definition) is 2. The molecule has 268 valence electrons. The maximum Gasteiger partial charge on any atom is 0.136 e. The molecular weight excluding hydrogens is 679 g/mol. The number of fused-ring (bicyclic) bond motifs is 9. The highest BCUT2D eigenvalue weighted by atomic mass is 16.3. The Morgan fingerprint density at radius 2 is 0.946 bits per heavy atom. The second-order valence-corrected chi connectivity index (χ2v) is 16.5. The maximum absolute atomic E-state index is 6.28. The predicted molar refractivity (Wildman–Crippen MR) is 234 cm³/mol. The lowest BCUT2D eigenvalue weighted by Crippen LogP contribution is -2.17. The molecule has 0 unspecified atom stereocenters. The Bertz CT molecular complexity index is 3030. The normalized spacial score (nSPS) is 14.4. The van der Waals surface area contributed by atoms with Crippen LogP contribution in [-0.4, -0.2) is 0 Å². The molecule has 0 saturated carbocycles. The van der Waals surface area contributed by atoms with Crippen LogP contribution in [0.5, 0.6) is 0 Å². The van der Waals surface area contributed by atoms with E-state index in [-0.39, 0.29) is 10.8 Å². The lowest BCUT2D eigenvalue weighted by Gasteiger charge is -2.30. The van der Waals surface area contributed by atoms with E-state index in [9.17, 15) is 0 Å². The maximum atomic E-state index is 6.28. The van der Waals surface area contributed by atoms with Gasteiger partial charge in [-0.25, -0.2) is 0 Å². The van der Waals surface area contributed by atoms with Crippen molar-refractivity contribution in [2.45, 2.75) is 38.5 Å². The molecule has 0 amide bonds. The third kappa shape index (κ3) is 4.69. The first-order valence-corrected chi connectivity index (χ1v) is 19.7. The predicted octanol–water partition coefficient (Wildman–Crippen LogP) is 15.0. The van der Waals surface area contributed by atoms with Crippen molar-refractivity contribution in [3.05, 3.63) is 198 Å². The quantitative estimate of drug-likeness (QED) is 0.176. The number of benzene rings is 8. The minimum Gasteiger partial charge on any atom is -0.456 e. The van der Waals surface area contributed by atoms with Gasteiger partial charge in [0.05, 0.1) is 5.69 Å². The summed E-state index contributed by atoms with van der Waals surface area (Å²) in [6.07, 6.45) is 0. The zero-order valence-corrected chi connectivity index (χ0v) is 32.1. The summed E-state index contributed by atoms with van der Waals surface area (Å²) < 4.78 is 6.28. The van der Waals surface area contributed by atoms with E-state index in [0.29, 0.717) is 0 Å². The second-order valence-electron chi connectivity index (χ2n) is 16.5. The average Bonchev–Trinajstić information content (AvgIpc) is 3.81. The second kappa shape index (κ2) is 11.9. The molecule has 1 heterocycles. The van der Waals surface area contributed by atoms with Crippen molar-refractivity contribution in [3.63, 3.8) is 0 Å². The monoisotopic (exact) mass is 719 g/mol. The van der Waals surface area contributed by atoms with Gasteiger partial charge in [-0.2, -0.15) is 0 Å². The Hall–Kier alpha value is -6.64. The first-order valence-electron chi connectivity index (χ1n) is 19.7. The zero-order chi connectivity index (χ0) is 37.8. The third-order valence-electron chi connectivity index (χ3n) is 12.7. The van der Waals surface area contributed by atoms with Crippen LogP contribution in [-0.2, 0) is 10.8 Å². The number of anilines is 3. The first-order chi connectivity index (χ1) is 27.3. The van der Waals surface area contributed by atoms with E-state index in [1.165, 1.54) is 55.6 Å². The molecule has 0 spiro atoms. The summed E-state index contributed by atoms with van der Waals surface area (Å²) in [6, 6.07) is 64.6. The van der Waals surface area contributed by atoms with Crippen molar-refractivity contribution in [2.24, 2.45) is 0 Å². The Kier molecular flexibility index (Phi) is 6.98. The van der Waals surface area contributed by atoms with Crippen LogP contribution in [0.4, 0.5) is 17.1 Å². The Balaban J connectivity index is 1.09. The van der Waals surface area contributed by atoms with Gasteiger partial charge >= 0.3 is 0 Å². The van der Waals surface area contributed by atoms with Gasteiger partial charge in [-0.05, 0) is 110 Å². The Morgan fingerprint density at radius 3 is 1.77 bits per heavy atom. The number of nitrogens with zero attached hydrogens (tertiary/aromatic N) is 1. The minimum absolute atomic E-state index is 0.0850. The van der Waals surface area contributed by atoms with Crippen LogP contribution in [0.2, 0.25) is 0 Å². The van der Waals surface area contributed by atoms with Gasteiger partial charge in [0, 0.05) is 38.5 Å². The first kappa shape index (κ1) is 32.8. The molecule has 56 heavy (non-hydrogen) atoms. The summed E-state index contributed by atoms with van der Waals surface area (Å²) in [5.74, 6) is 0. The van der Waals surface area contributed by atoms with E-state index < -0.39 is 0 Å². The molecule has 11 rings (SSSR count). The Labute approximate surface area is 328 Å². The fourth-order valence-electron chi connectivity index (χ4n) is 9.84. The lowest BCUT2D eigenvalue weighted by atomic mass is 9.82. The van der Waals surface area contributed by atoms with E-state index in [2.05, 4.69) is 196 Å². The molecular formula is C54H41NO. The van der Waals surface area contributed by atoms with Crippen LogP contribution in [0.25, 0.3) is 66.4 Å². The van der Waals surface area contributed by atoms with Gasteiger partial charge in [0.25, 0.3) is 0 Å². The van der Waals surface area contributed by atoms with Crippen LogP contribution in [0.1, 0.15) is 49.9 Å². The van der Waals surface area contributed by atoms with Crippen molar-refractivity contribution in [1.29, 1.82) is 0 Å². The fraction of sp³-hybridized carbons (Fsp3) is 0.111. The largest absolute Gasteiger partial charge is 0.456 e. The third-order valence-corrected chi connectivity index (χ3v) is 12.7. The van der Waals surface area contributed by atoms with E-state index in [1.807, 2.05) is 12.1 Å². The Morgan fingerprint density at radius 1 is 0.375 bits per heavy atom. The van der Waals surface area contributed by atoms with Gasteiger partial charge in [0.15, 0.2) is 0 Å². The summed E-state index contributed by atoms with van der Waals surface area (Å²) in [4.78, 5) is 2.46. The van der Waals surface area contributed by atoms with Gasteiger partial charge in [-0.1, -0.05) is 155 Å². The standard InChI is InChI=1S/C54H41NO/c1-53(2)46-20-10-6-17-44(46)52-43(18-13-21-47(52)53)40-15-7-11-22-49(40)55(37-29-31-39-38-14-5-9-19-45(38)54(3,4)48(39)33-37)36-27-24-34(25-28-36)35-26-30-42-41-16-8-12-23-50(41)56-51(42)32-35/h5-33H,1-4H3. The SMILES string of the molecule is CC1(C)c2ccccc2-c2ccc(N(c3ccc(-c4ccc5c(c4)oc4ccccc45)cc3)c3ccccc3-c3cccc4c3-c3ccccc3C4(C)C)cc21. The molecule has 9 aromatic rings. The average molecular weight is 720 g/mol. The highest BCUT2D eigenvalue weighted by Crippen LogP contribution is 2.55. The molecule has 2 nitrogen and oxygen atoms in total. The van der Waals surface area contributed by atoms with E-state index in [4.69, 9.17) is 4.42 Å². The summed E-state index contributed by atoms with van der Waals surface area (Å²) >= 11 is 0. The van der Waals surface area contributed by atoms with Gasteiger partial charge in [-0.3, -0.25) is 0 Å². The number of rotatable bonds is 5.